The van der Waals surface area contributed by atoms with Gasteiger partial charge in [0.05, 0.1) is 0 Å². The van der Waals surface area contributed by atoms with E-state index in [1.165, 1.54) is 19.3 Å². The Morgan fingerprint density at radius 1 is 1.21 bits per heavy atom. The fourth-order valence-corrected chi connectivity index (χ4v) is 4.09. The molecule has 138 valence electrons. The number of piperidine rings is 1. The number of nitrogens with two attached hydrogens (primary N) is 1. The predicted molar refractivity (Wildman–Crippen MR) is 96.3 cm³/mol. The summed E-state index contributed by atoms with van der Waals surface area (Å²) in [6.07, 6.45) is 8.59. The summed E-state index contributed by atoms with van der Waals surface area (Å²) in [5.74, 6) is 0.762. The van der Waals surface area contributed by atoms with E-state index in [4.69, 9.17) is 5.73 Å². The van der Waals surface area contributed by atoms with Crippen LogP contribution >= 0.6 is 0 Å². The third-order valence-corrected chi connectivity index (χ3v) is 5.83. The Morgan fingerprint density at radius 3 is 2.54 bits per heavy atom. The molecule has 1 atom stereocenters. The molecule has 1 unspecified atom stereocenters. The van der Waals surface area contributed by atoms with Gasteiger partial charge in [-0.2, -0.15) is 0 Å². The highest BCUT2D eigenvalue weighted by Crippen LogP contribution is 2.39. The standard InChI is InChI=1S/C19H35N3O2/c1-15(2)18(24)21-12-16-7-6-10-22(13-16)17(23)11-19(14-20)8-4-3-5-9-19/h15-16H,3-14,20H2,1-2H3,(H,21,24). The van der Waals surface area contributed by atoms with Gasteiger partial charge in [0.1, 0.15) is 0 Å². The van der Waals surface area contributed by atoms with Crippen LogP contribution in [0.4, 0.5) is 0 Å². The molecular formula is C19H35N3O2. The molecule has 5 heteroatoms. The van der Waals surface area contributed by atoms with E-state index in [2.05, 4.69) is 5.32 Å². The van der Waals surface area contributed by atoms with E-state index < -0.39 is 0 Å². The predicted octanol–water partition coefficient (Wildman–Crippen LogP) is 2.30. The van der Waals surface area contributed by atoms with Crippen molar-refractivity contribution in [3.05, 3.63) is 0 Å². The second kappa shape index (κ2) is 8.84. The number of hydrogen-bond donors (Lipinski definition) is 2. The maximum absolute atomic E-state index is 12.8. The lowest BCUT2D eigenvalue weighted by atomic mass is 9.71. The largest absolute Gasteiger partial charge is 0.356 e. The van der Waals surface area contributed by atoms with Crippen LogP contribution < -0.4 is 11.1 Å². The first-order valence-electron chi connectivity index (χ1n) is 9.71. The van der Waals surface area contributed by atoms with Crippen molar-refractivity contribution in [2.45, 2.75) is 65.2 Å². The van der Waals surface area contributed by atoms with E-state index in [1.807, 2.05) is 18.7 Å². The van der Waals surface area contributed by atoms with Gasteiger partial charge in [0.15, 0.2) is 0 Å². The third kappa shape index (κ3) is 5.20. The Balaban J connectivity index is 1.84. The van der Waals surface area contributed by atoms with E-state index in [-0.39, 0.29) is 23.1 Å². The highest BCUT2D eigenvalue weighted by atomic mass is 16.2. The van der Waals surface area contributed by atoms with Crippen LogP contribution in [0.15, 0.2) is 0 Å². The molecule has 3 N–H and O–H groups in total. The molecular weight excluding hydrogens is 302 g/mol. The average molecular weight is 338 g/mol. The summed E-state index contributed by atoms with van der Waals surface area (Å²) in [4.78, 5) is 26.6. The maximum Gasteiger partial charge on any atom is 0.223 e. The Hall–Kier alpha value is -1.10. The molecule has 0 bridgehead atoms. The molecule has 2 rings (SSSR count). The molecule has 1 saturated heterocycles. The number of hydrogen-bond acceptors (Lipinski definition) is 3. The zero-order valence-electron chi connectivity index (χ0n) is 15.5. The van der Waals surface area contributed by atoms with Crippen molar-refractivity contribution in [2.75, 3.05) is 26.2 Å². The number of carbonyl (C=O) groups excluding carboxylic acids is 2. The molecule has 0 aromatic rings. The molecule has 24 heavy (non-hydrogen) atoms. The van der Waals surface area contributed by atoms with Gasteiger partial charge in [0.25, 0.3) is 0 Å². The average Bonchev–Trinajstić information content (AvgIpc) is 2.60. The van der Waals surface area contributed by atoms with E-state index in [9.17, 15) is 9.59 Å². The van der Waals surface area contributed by atoms with E-state index in [0.29, 0.717) is 25.4 Å². The fraction of sp³-hybridized carbons (Fsp3) is 0.895. The molecule has 2 aliphatic rings. The summed E-state index contributed by atoms with van der Waals surface area (Å²) in [6.45, 7) is 6.75. The normalized spacial score (nSPS) is 24.0. The Kier molecular flexibility index (Phi) is 7.08. The lowest BCUT2D eigenvalue weighted by Gasteiger charge is -2.39. The zero-order valence-corrected chi connectivity index (χ0v) is 15.5. The molecule has 2 amide bonds. The van der Waals surface area contributed by atoms with Gasteiger partial charge in [-0.15, -0.1) is 0 Å². The molecule has 1 saturated carbocycles. The van der Waals surface area contributed by atoms with Gasteiger partial charge in [-0.05, 0) is 43.6 Å². The second-order valence-electron chi connectivity index (χ2n) is 8.19. The number of nitrogens with one attached hydrogen (secondary N) is 1. The van der Waals surface area contributed by atoms with Crippen molar-refractivity contribution in [2.24, 2.45) is 23.0 Å². The monoisotopic (exact) mass is 337 g/mol. The van der Waals surface area contributed by atoms with Crippen molar-refractivity contribution in [3.63, 3.8) is 0 Å². The van der Waals surface area contributed by atoms with Gasteiger partial charge in [-0.25, -0.2) is 0 Å². The summed E-state index contributed by atoms with van der Waals surface area (Å²) >= 11 is 0. The number of carbonyl (C=O) groups is 2. The summed E-state index contributed by atoms with van der Waals surface area (Å²) in [7, 11) is 0. The minimum Gasteiger partial charge on any atom is -0.356 e. The lowest BCUT2D eigenvalue weighted by molar-refractivity contribution is -0.136. The smallest absolute Gasteiger partial charge is 0.223 e. The van der Waals surface area contributed by atoms with Gasteiger partial charge in [0.2, 0.25) is 11.8 Å². The second-order valence-corrected chi connectivity index (χ2v) is 8.19. The molecule has 0 aromatic heterocycles. The Bertz CT molecular complexity index is 430. The van der Waals surface area contributed by atoms with Gasteiger partial charge in [0, 0.05) is 32.0 Å². The van der Waals surface area contributed by atoms with Crippen molar-refractivity contribution in [1.29, 1.82) is 0 Å². The molecule has 0 spiro atoms. The Labute approximate surface area is 146 Å². The van der Waals surface area contributed by atoms with Gasteiger partial charge in [-0.3, -0.25) is 9.59 Å². The molecule has 5 nitrogen and oxygen atoms in total. The van der Waals surface area contributed by atoms with Crippen molar-refractivity contribution in [3.8, 4) is 0 Å². The fourth-order valence-electron chi connectivity index (χ4n) is 4.09. The third-order valence-electron chi connectivity index (χ3n) is 5.83. The van der Waals surface area contributed by atoms with Gasteiger partial charge in [-0.1, -0.05) is 33.1 Å². The van der Waals surface area contributed by atoms with Crippen molar-refractivity contribution < 1.29 is 9.59 Å². The van der Waals surface area contributed by atoms with Crippen molar-refractivity contribution >= 4 is 11.8 Å². The first kappa shape index (κ1) is 19.2. The first-order chi connectivity index (χ1) is 11.5. The van der Waals surface area contributed by atoms with E-state index in [0.717, 1.165) is 38.8 Å². The number of rotatable bonds is 6. The highest BCUT2D eigenvalue weighted by molar-refractivity contribution is 5.78. The molecule has 1 aliphatic carbocycles. The highest BCUT2D eigenvalue weighted by Gasteiger charge is 2.35. The van der Waals surface area contributed by atoms with Crippen LogP contribution in [0.2, 0.25) is 0 Å². The molecule has 0 aromatic carbocycles. The van der Waals surface area contributed by atoms with Crippen LogP contribution in [-0.2, 0) is 9.59 Å². The summed E-state index contributed by atoms with van der Waals surface area (Å²) in [5.41, 5.74) is 6.07. The number of likely N-dealkylation sites (tertiary alicyclic amines) is 1. The van der Waals surface area contributed by atoms with Crippen LogP contribution in [0, 0.1) is 17.3 Å². The Morgan fingerprint density at radius 2 is 1.92 bits per heavy atom. The van der Waals surface area contributed by atoms with Crippen LogP contribution in [0.5, 0.6) is 0 Å². The van der Waals surface area contributed by atoms with Crippen LogP contribution in [0.25, 0.3) is 0 Å². The van der Waals surface area contributed by atoms with Crippen LogP contribution in [0.1, 0.15) is 65.2 Å². The van der Waals surface area contributed by atoms with Gasteiger partial charge < -0.3 is 16.0 Å². The first-order valence-corrected chi connectivity index (χ1v) is 9.71. The molecule has 1 heterocycles. The van der Waals surface area contributed by atoms with Crippen LogP contribution in [0.3, 0.4) is 0 Å². The maximum atomic E-state index is 12.8. The zero-order chi connectivity index (χ0) is 17.6. The topological polar surface area (TPSA) is 75.4 Å². The summed E-state index contributed by atoms with van der Waals surface area (Å²) < 4.78 is 0. The molecule has 1 aliphatic heterocycles. The quantitative estimate of drug-likeness (QED) is 0.781. The minimum atomic E-state index is 0.0158. The number of amides is 2. The summed E-state index contributed by atoms with van der Waals surface area (Å²) in [5, 5.41) is 3.01. The molecule has 0 radical (unpaired) electrons. The number of nitrogens with zero attached hydrogens (tertiary/aromatic N) is 1. The van der Waals surface area contributed by atoms with E-state index >= 15 is 0 Å². The SMILES string of the molecule is CC(C)C(=O)NCC1CCCN(C(=O)CC2(CN)CCCCC2)C1. The van der Waals surface area contributed by atoms with E-state index in [1.54, 1.807) is 0 Å². The molecule has 2 fully saturated rings. The minimum absolute atomic E-state index is 0.0158. The van der Waals surface area contributed by atoms with Crippen molar-refractivity contribution in [1.82, 2.24) is 10.2 Å². The van der Waals surface area contributed by atoms with Gasteiger partial charge >= 0.3 is 0 Å². The summed E-state index contributed by atoms with van der Waals surface area (Å²) in [6, 6.07) is 0. The lowest BCUT2D eigenvalue weighted by Crippen LogP contribution is -2.46. The van der Waals surface area contributed by atoms with Crippen LogP contribution in [-0.4, -0.2) is 42.9 Å².